The molecule has 0 aliphatic carbocycles. The average Bonchev–Trinajstić information content (AvgIpc) is 2.56. The Morgan fingerprint density at radius 1 is 1.28 bits per heavy atom. The van der Waals surface area contributed by atoms with Gasteiger partial charge in [0.25, 0.3) is 0 Å². The summed E-state index contributed by atoms with van der Waals surface area (Å²) in [5, 5.41) is 0.675. The van der Waals surface area contributed by atoms with E-state index in [0.717, 1.165) is 28.7 Å². The van der Waals surface area contributed by atoms with Crippen molar-refractivity contribution in [3.8, 4) is 0 Å². The van der Waals surface area contributed by atoms with Crippen LogP contribution in [0.1, 0.15) is 51.2 Å². The van der Waals surface area contributed by atoms with Gasteiger partial charge in [-0.3, -0.25) is 4.99 Å². The molecule has 0 bridgehead atoms. The molecule has 4 heteroatoms. The first-order valence-corrected chi connectivity index (χ1v) is 9.89. The van der Waals surface area contributed by atoms with Crippen LogP contribution in [-0.2, 0) is 0 Å². The summed E-state index contributed by atoms with van der Waals surface area (Å²) < 4.78 is 0.887. The van der Waals surface area contributed by atoms with Crippen molar-refractivity contribution in [1.82, 2.24) is 0 Å². The predicted molar refractivity (Wildman–Crippen MR) is 113 cm³/mol. The number of halogens is 2. The zero-order valence-electron chi connectivity index (χ0n) is 15.2. The van der Waals surface area contributed by atoms with Crippen LogP contribution in [0.2, 0.25) is 5.02 Å². The molecule has 1 unspecified atom stereocenters. The molecule has 0 spiro atoms. The molecular weight excluding hydrogens is 396 g/mol. The minimum Gasteiger partial charge on any atom is -0.366 e. The maximum atomic E-state index is 6.14. The Bertz CT molecular complexity index is 814. The van der Waals surface area contributed by atoms with Crippen LogP contribution in [0.5, 0.6) is 0 Å². The third kappa shape index (κ3) is 3.78. The van der Waals surface area contributed by atoms with Crippen LogP contribution in [0.25, 0.3) is 0 Å². The van der Waals surface area contributed by atoms with Gasteiger partial charge in [0.2, 0.25) is 0 Å². The first kappa shape index (κ1) is 18.5. The van der Waals surface area contributed by atoms with Crippen LogP contribution in [0.4, 0.5) is 11.4 Å². The van der Waals surface area contributed by atoms with E-state index in [1.54, 1.807) is 0 Å². The van der Waals surface area contributed by atoms with E-state index in [4.69, 9.17) is 11.6 Å². The number of aliphatic imine (C=N–C) groups is 1. The number of fused-ring (bicyclic) bond motifs is 1. The van der Waals surface area contributed by atoms with Crippen molar-refractivity contribution in [1.29, 1.82) is 0 Å². The molecule has 1 atom stereocenters. The fraction of sp³-hybridized carbons (Fsp3) is 0.381. The van der Waals surface area contributed by atoms with Crippen LogP contribution in [0.3, 0.4) is 0 Å². The van der Waals surface area contributed by atoms with Crippen LogP contribution in [0, 0.1) is 0 Å². The molecule has 1 aliphatic heterocycles. The van der Waals surface area contributed by atoms with E-state index in [1.165, 1.54) is 11.3 Å². The second kappa shape index (κ2) is 7.13. The molecule has 0 radical (unpaired) electrons. The second-order valence-corrected chi connectivity index (χ2v) is 8.60. The van der Waals surface area contributed by atoms with E-state index >= 15 is 0 Å². The fourth-order valence-corrected chi connectivity index (χ4v) is 4.32. The van der Waals surface area contributed by atoms with Crippen molar-refractivity contribution in [2.75, 3.05) is 11.4 Å². The van der Waals surface area contributed by atoms with E-state index in [0.29, 0.717) is 10.9 Å². The zero-order valence-corrected chi connectivity index (χ0v) is 17.5. The summed E-state index contributed by atoms with van der Waals surface area (Å²) in [5.41, 5.74) is 4.95. The first-order chi connectivity index (χ1) is 11.8. The highest BCUT2D eigenvalue weighted by Gasteiger charge is 2.35. The Balaban J connectivity index is 1.92. The van der Waals surface area contributed by atoms with E-state index in [9.17, 15) is 0 Å². The summed E-state index contributed by atoms with van der Waals surface area (Å²) >= 11 is 9.55. The Labute approximate surface area is 164 Å². The lowest BCUT2D eigenvalue weighted by Crippen LogP contribution is -2.48. The maximum absolute atomic E-state index is 6.14. The molecular formula is C21H24BrClN2. The Kier molecular flexibility index (Phi) is 5.26. The number of hydrogen-bond acceptors (Lipinski definition) is 2. The number of rotatable bonds is 3. The molecule has 0 aromatic heterocycles. The highest BCUT2D eigenvalue weighted by atomic mass is 79.9. The van der Waals surface area contributed by atoms with Gasteiger partial charge in [-0.25, -0.2) is 0 Å². The molecule has 0 amide bonds. The molecule has 0 N–H and O–H groups in total. The van der Waals surface area contributed by atoms with E-state index in [2.05, 4.69) is 71.7 Å². The largest absolute Gasteiger partial charge is 0.366 e. The standard InChI is InChI=1S/C21H24BrClN2/c1-5-25-20-9-6-15(10-17(20)14(2)12-21(25,3)4)13-24-16-7-8-18(22)19(23)11-16/h6-11,13-14H,5,12H2,1-4H3. The molecule has 0 fully saturated rings. The van der Waals surface area contributed by atoms with Crippen molar-refractivity contribution in [3.63, 3.8) is 0 Å². The Morgan fingerprint density at radius 2 is 2.04 bits per heavy atom. The number of benzene rings is 2. The van der Waals surface area contributed by atoms with Gasteiger partial charge in [0, 0.05) is 28.5 Å². The summed E-state index contributed by atoms with van der Waals surface area (Å²) in [7, 11) is 0. The van der Waals surface area contributed by atoms with Crippen molar-refractivity contribution in [2.24, 2.45) is 4.99 Å². The molecule has 0 saturated carbocycles. The highest BCUT2D eigenvalue weighted by molar-refractivity contribution is 9.10. The van der Waals surface area contributed by atoms with E-state index in [-0.39, 0.29) is 5.54 Å². The molecule has 0 saturated heterocycles. The average molecular weight is 420 g/mol. The molecule has 2 nitrogen and oxygen atoms in total. The number of nitrogens with zero attached hydrogens (tertiary/aromatic N) is 2. The lowest BCUT2D eigenvalue weighted by molar-refractivity contribution is 0.381. The molecule has 2 aromatic carbocycles. The van der Waals surface area contributed by atoms with Crippen molar-refractivity contribution < 1.29 is 0 Å². The Morgan fingerprint density at radius 3 is 2.72 bits per heavy atom. The number of hydrogen-bond donors (Lipinski definition) is 0. The molecule has 1 aliphatic rings. The van der Waals surface area contributed by atoms with Gasteiger partial charge in [-0.05, 0) is 90.5 Å². The van der Waals surface area contributed by atoms with E-state index < -0.39 is 0 Å². The summed E-state index contributed by atoms with van der Waals surface area (Å²) in [6, 6.07) is 12.4. The third-order valence-corrected chi connectivity index (χ3v) is 6.22. The zero-order chi connectivity index (χ0) is 18.2. The lowest BCUT2D eigenvalue weighted by atomic mass is 9.79. The minimum absolute atomic E-state index is 0.199. The fourth-order valence-electron chi connectivity index (χ4n) is 3.90. The third-order valence-electron chi connectivity index (χ3n) is 4.99. The summed E-state index contributed by atoms with van der Waals surface area (Å²) in [5.74, 6) is 0.545. The van der Waals surface area contributed by atoms with Crippen LogP contribution >= 0.6 is 27.5 Å². The molecule has 1 heterocycles. The SMILES string of the molecule is CCN1c2ccc(C=Nc3ccc(Br)c(Cl)c3)cc2C(C)CC1(C)C. The monoisotopic (exact) mass is 418 g/mol. The Hall–Kier alpha value is -1.32. The van der Waals surface area contributed by atoms with Crippen LogP contribution in [0.15, 0.2) is 45.9 Å². The van der Waals surface area contributed by atoms with Gasteiger partial charge in [-0.15, -0.1) is 0 Å². The van der Waals surface area contributed by atoms with Gasteiger partial charge in [-0.2, -0.15) is 0 Å². The van der Waals surface area contributed by atoms with Crippen LogP contribution < -0.4 is 4.90 Å². The minimum atomic E-state index is 0.199. The highest BCUT2D eigenvalue weighted by Crippen LogP contribution is 2.43. The topological polar surface area (TPSA) is 15.6 Å². The van der Waals surface area contributed by atoms with Gasteiger partial charge in [0.05, 0.1) is 10.7 Å². The normalized spacial score (nSPS) is 19.3. The number of anilines is 1. The maximum Gasteiger partial charge on any atom is 0.0645 e. The smallest absolute Gasteiger partial charge is 0.0645 e. The van der Waals surface area contributed by atoms with Gasteiger partial charge in [0.1, 0.15) is 0 Å². The van der Waals surface area contributed by atoms with Gasteiger partial charge >= 0.3 is 0 Å². The second-order valence-electron chi connectivity index (χ2n) is 7.34. The molecule has 2 aromatic rings. The molecule has 3 rings (SSSR count). The summed E-state index contributed by atoms with van der Waals surface area (Å²) in [4.78, 5) is 7.09. The van der Waals surface area contributed by atoms with E-state index in [1.807, 2.05) is 24.4 Å². The summed E-state index contributed by atoms with van der Waals surface area (Å²) in [6.07, 6.45) is 3.08. The lowest BCUT2D eigenvalue weighted by Gasteiger charge is -2.47. The molecule has 132 valence electrons. The van der Waals surface area contributed by atoms with Crippen molar-refractivity contribution in [2.45, 2.75) is 45.6 Å². The van der Waals surface area contributed by atoms with Crippen molar-refractivity contribution >= 4 is 45.1 Å². The molecule has 25 heavy (non-hydrogen) atoms. The quantitative estimate of drug-likeness (QED) is 0.491. The van der Waals surface area contributed by atoms with Gasteiger partial charge < -0.3 is 4.90 Å². The van der Waals surface area contributed by atoms with Gasteiger partial charge in [-0.1, -0.05) is 24.6 Å². The predicted octanol–water partition coefficient (Wildman–Crippen LogP) is 6.97. The van der Waals surface area contributed by atoms with Crippen LogP contribution in [-0.4, -0.2) is 18.3 Å². The van der Waals surface area contributed by atoms with Gasteiger partial charge in [0.15, 0.2) is 0 Å². The first-order valence-electron chi connectivity index (χ1n) is 8.72. The van der Waals surface area contributed by atoms with Crippen molar-refractivity contribution in [3.05, 3.63) is 57.0 Å². The summed E-state index contributed by atoms with van der Waals surface area (Å²) in [6.45, 7) is 10.2.